The van der Waals surface area contributed by atoms with E-state index in [1.165, 1.54) is 89.2 Å². The monoisotopic (exact) mass is 1060 g/mol. The van der Waals surface area contributed by atoms with Gasteiger partial charge in [0.1, 0.15) is 5.58 Å². The molecule has 0 amide bonds. The van der Waals surface area contributed by atoms with Gasteiger partial charge in [0.15, 0.2) is 5.58 Å². The van der Waals surface area contributed by atoms with E-state index in [1.54, 1.807) is 0 Å². The smallest absolute Gasteiger partial charge is 0.252 e. The zero-order valence-corrected chi connectivity index (χ0v) is 50.3. The number of furan rings is 1. The third-order valence-electron chi connectivity index (χ3n) is 19.4. The molecule has 9 aromatic carbocycles. The van der Waals surface area contributed by atoms with Gasteiger partial charge in [0.25, 0.3) is 6.71 Å². The quantitative estimate of drug-likeness (QED) is 0.160. The van der Waals surface area contributed by atoms with Crippen LogP contribution in [0, 0.1) is 6.92 Å². The van der Waals surface area contributed by atoms with Gasteiger partial charge >= 0.3 is 0 Å². The second-order valence-corrected chi connectivity index (χ2v) is 28.7. The van der Waals surface area contributed by atoms with Crippen LogP contribution in [0.4, 0.5) is 51.2 Å². The van der Waals surface area contributed by atoms with Gasteiger partial charge in [-0.3, -0.25) is 0 Å². The highest BCUT2D eigenvalue weighted by Crippen LogP contribution is 2.56. The lowest BCUT2D eigenvalue weighted by atomic mass is 9.33. The fourth-order valence-electron chi connectivity index (χ4n) is 15.4. The lowest BCUT2D eigenvalue weighted by Gasteiger charge is -2.48. The number of aryl methyl sites for hydroxylation is 1. The van der Waals surface area contributed by atoms with E-state index in [4.69, 9.17) is 4.42 Å². The molecule has 0 unspecified atom stereocenters. The summed E-state index contributed by atoms with van der Waals surface area (Å²) in [5.74, 6) is 0. The molecular formula is C76H76BN3O. The van der Waals surface area contributed by atoms with Gasteiger partial charge in [-0.1, -0.05) is 188 Å². The van der Waals surface area contributed by atoms with Crippen molar-refractivity contribution in [3.8, 4) is 0 Å². The summed E-state index contributed by atoms with van der Waals surface area (Å²) in [5, 5.41) is 2.23. The number of fused-ring (bicyclic) bond motifs is 10. The second-order valence-electron chi connectivity index (χ2n) is 28.7. The number of nitrogens with zero attached hydrogens (tertiary/aromatic N) is 3. The largest absolute Gasteiger partial charge is 0.454 e. The van der Waals surface area contributed by atoms with E-state index in [0.29, 0.717) is 0 Å². The van der Waals surface area contributed by atoms with Crippen LogP contribution < -0.4 is 31.1 Å². The Kier molecular flexibility index (Phi) is 10.9. The Hall–Kier alpha value is -7.76. The van der Waals surface area contributed by atoms with Gasteiger partial charge in [0.2, 0.25) is 0 Å². The number of hydrogen-bond donors (Lipinski definition) is 0. The van der Waals surface area contributed by atoms with Crippen LogP contribution in [0.25, 0.3) is 21.9 Å². The standard InChI is InChI=1S/C76H76BN3O/c1-46-39-66-69-67(40-46)80(64-25-20-22-54-53-21-16-19-26-68(53)81-70(54)64)63-38-36-52(78(49-31-27-47(28-32-49)71(2,3)4)50-33-29-48(30-34-50)72(5,6)7)42-61(63)77(69)62-43-59-60(76(14,15)57-24-18-17-23-56(57)75(59,12)13)44-65(62)79(66)51-35-37-55-58(41-51)74(10,11)45-73(55,8)9/h16-44H,45H2,1-15H3. The van der Waals surface area contributed by atoms with E-state index in [0.717, 1.165) is 56.8 Å². The molecule has 404 valence electrons. The van der Waals surface area contributed by atoms with Crippen molar-refractivity contribution in [1.29, 1.82) is 0 Å². The van der Waals surface area contributed by atoms with Crippen LogP contribution in [-0.2, 0) is 32.5 Å². The first-order valence-corrected chi connectivity index (χ1v) is 29.6. The number of anilines is 9. The van der Waals surface area contributed by atoms with E-state index < -0.39 is 0 Å². The van der Waals surface area contributed by atoms with Crippen molar-refractivity contribution in [1.82, 2.24) is 0 Å². The Morgan fingerprint density at radius 2 is 0.975 bits per heavy atom. The van der Waals surface area contributed by atoms with Gasteiger partial charge < -0.3 is 19.1 Å². The molecule has 81 heavy (non-hydrogen) atoms. The minimum Gasteiger partial charge on any atom is -0.454 e. The molecule has 0 fully saturated rings. The zero-order chi connectivity index (χ0) is 56.7. The van der Waals surface area contributed by atoms with Crippen LogP contribution in [0.15, 0.2) is 180 Å². The summed E-state index contributed by atoms with van der Waals surface area (Å²) in [6.45, 7) is 35.5. The third-order valence-corrected chi connectivity index (χ3v) is 19.4. The molecule has 4 aliphatic rings. The maximum Gasteiger partial charge on any atom is 0.252 e. The first-order chi connectivity index (χ1) is 38.3. The molecule has 0 N–H and O–H groups in total. The molecule has 2 aliphatic carbocycles. The Morgan fingerprint density at radius 3 is 1.60 bits per heavy atom. The summed E-state index contributed by atoms with van der Waals surface area (Å²) in [7, 11) is 0. The molecule has 0 saturated heterocycles. The summed E-state index contributed by atoms with van der Waals surface area (Å²) in [6.07, 6.45) is 1.10. The van der Waals surface area contributed by atoms with E-state index >= 15 is 0 Å². The normalized spacial score (nSPS) is 16.9. The first kappa shape index (κ1) is 51.4. The fourth-order valence-corrected chi connectivity index (χ4v) is 15.4. The molecule has 1 aromatic heterocycles. The lowest BCUT2D eigenvalue weighted by Crippen LogP contribution is -2.62. The minimum absolute atomic E-state index is 0.0109. The van der Waals surface area contributed by atoms with Gasteiger partial charge in [-0.05, 0) is 186 Å². The first-order valence-electron chi connectivity index (χ1n) is 29.6. The topological polar surface area (TPSA) is 22.9 Å². The van der Waals surface area contributed by atoms with Crippen LogP contribution in [0.3, 0.4) is 0 Å². The number of rotatable bonds is 5. The molecule has 2 aliphatic heterocycles. The average Bonchev–Trinajstić information content (AvgIpc) is 4.09. The maximum atomic E-state index is 7.04. The molecule has 10 aromatic rings. The van der Waals surface area contributed by atoms with Crippen molar-refractivity contribution in [2.75, 3.05) is 14.7 Å². The molecule has 0 spiro atoms. The second kappa shape index (κ2) is 17.1. The van der Waals surface area contributed by atoms with Crippen LogP contribution in [-0.4, -0.2) is 6.71 Å². The Morgan fingerprint density at radius 1 is 0.432 bits per heavy atom. The van der Waals surface area contributed by atoms with Gasteiger partial charge in [0, 0.05) is 67.1 Å². The number of para-hydroxylation sites is 2. The SMILES string of the molecule is Cc1cc2c3c(c1)N(c1cccc4c1oc1ccccc14)c1ccc(N(c4ccc(C(C)(C)C)cc4)c4ccc(C(C)(C)C)cc4)cc1B3c1cc3c(cc1N2c1ccc2c(c1)C(C)(C)CC2(C)C)C(C)(C)c1ccccc1C3(C)C. The predicted octanol–water partition coefficient (Wildman–Crippen LogP) is 19.0. The van der Waals surface area contributed by atoms with E-state index in [2.05, 4.69) is 294 Å². The van der Waals surface area contributed by atoms with Crippen LogP contribution in [0.1, 0.15) is 153 Å². The van der Waals surface area contributed by atoms with Crippen LogP contribution in [0.2, 0.25) is 0 Å². The van der Waals surface area contributed by atoms with Crippen molar-refractivity contribution < 1.29 is 4.42 Å². The van der Waals surface area contributed by atoms with Crippen molar-refractivity contribution >= 4 is 96.2 Å². The molecule has 14 rings (SSSR count). The number of benzene rings is 9. The van der Waals surface area contributed by atoms with Crippen molar-refractivity contribution in [3.05, 3.63) is 226 Å². The molecule has 3 heterocycles. The molecule has 4 nitrogen and oxygen atoms in total. The Labute approximate surface area is 481 Å². The molecule has 0 saturated carbocycles. The molecular weight excluding hydrogens is 982 g/mol. The van der Waals surface area contributed by atoms with Gasteiger partial charge in [-0.25, -0.2) is 0 Å². The van der Waals surface area contributed by atoms with Crippen molar-refractivity contribution in [2.24, 2.45) is 0 Å². The van der Waals surface area contributed by atoms with Gasteiger partial charge in [-0.15, -0.1) is 0 Å². The molecule has 0 radical (unpaired) electrons. The third kappa shape index (κ3) is 7.62. The lowest BCUT2D eigenvalue weighted by molar-refractivity contribution is 0.403. The predicted molar refractivity (Wildman–Crippen MR) is 346 cm³/mol. The summed E-state index contributed by atoms with van der Waals surface area (Å²) in [5.41, 5.74) is 27.9. The van der Waals surface area contributed by atoms with E-state index in [1.807, 2.05) is 0 Å². The average molecular weight is 1060 g/mol. The zero-order valence-electron chi connectivity index (χ0n) is 50.3. The molecule has 5 heteroatoms. The summed E-state index contributed by atoms with van der Waals surface area (Å²) >= 11 is 0. The Bertz CT molecular complexity index is 4190. The van der Waals surface area contributed by atoms with Gasteiger partial charge in [-0.2, -0.15) is 0 Å². The minimum atomic E-state index is -0.265. The van der Waals surface area contributed by atoms with Crippen LogP contribution >= 0.6 is 0 Å². The highest BCUT2D eigenvalue weighted by Gasteiger charge is 2.49. The van der Waals surface area contributed by atoms with E-state index in [-0.39, 0.29) is 39.2 Å². The summed E-state index contributed by atoms with van der Waals surface area (Å²) < 4.78 is 7.04. The van der Waals surface area contributed by atoms with Crippen molar-refractivity contribution in [3.63, 3.8) is 0 Å². The van der Waals surface area contributed by atoms with Gasteiger partial charge in [0.05, 0.1) is 5.69 Å². The number of hydrogen-bond acceptors (Lipinski definition) is 4. The van der Waals surface area contributed by atoms with Crippen LogP contribution in [0.5, 0.6) is 0 Å². The van der Waals surface area contributed by atoms with Crippen molar-refractivity contribution in [2.45, 2.75) is 143 Å². The fraction of sp³-hybridized carbons (Fsp3) is 0.289. The highest BCUT2D eigenvalue weighted by molar-refractivity contribution is 7.00. The maximum absolute atomic E-state index is 7.04. The summed E-state index contributed by atoms with van der Waals surface area (Å²) in [4.78, 5) is 7.69. The molecule has 0 atom stereocenters. The Balaban J connectivity index is 1.09. The highest BCUT2D eigenvalue weighted by atomic mass is 16.3. The van der Waals surface area contributed by atoms with E-state index in [9.17, 15) is 0 Å². The summed E-state index contributed by atoms with van der Waals surface area (Å²) in [6, 6.07) is 68.0. The molecule has 0 bridgehead atoms.